The highest BCUT2D eigenvalue weighted by molar-refractivity contribution is 7.92. The summed E-state index contributed by atoms with van der Waals surface area (Å²) in [5.74, 6) is -0.158. The van der Waals surface area contributed by atoms with Crippen LogP contribution in [0.5, 0.6) is 11.5 Å². The van der Waals surface area contributed by atoms with E-state index < -0.39 is 21.4 Å². The van der Waals surface area contributed by atoms with E-state index in [9.17, 15) is 13.2 Å². The minimum Gasteiger partial charge on any atom is -0.493 e. The summed E-state index contributed by atoms with van der Waals surface area (Å²) in [5, 5.41) is 0. The average molecular weight is 258 g/mol. The van der Waals surface area contributed by atoms with Crippen molar-refractivity contribution in [2.45, 2.75) is 11.8 Å². The van der Waals surface area contributed by atoms with E-state index in [1.807, 2.05) is 0 Å². The number of methoxy groups -OCH3 is 2. The number of carbonyl (C=O) groups is 1. The molecule has 0 aliphatic rings. The van der Waals surface area contributed by atoms with Crippen LogP contribution in [-0.2, 0) is 14.6 Å². The molecule has 0 bridgehead atoms. The number of carbonyl (C=O) groups excluding carboxylic acids is 1. The van der Waals surface area contributed by atoms with Crippen molar-refractivity contribution in [2.75, 3.05) is 20.0 Å². The smallest absolute Gasteiger partial charge is 0.185 e. The van der Waals surface area contributed by atoms with E-state index >= 15 is 0 Å². The fraction of sp³-hybridized carbons (Fsp3) is 0.364. The number of Topliss-reactive ketones (excluding diaryl/α,β-unsaturated/α-hetero) is 1. The molecule has 1 rings (SSSR count). The van der Waals surface area contributed by atoms with Crippen molar-refractivity contribution in [3.63, 3.8) is 0 Å². The maximum Gasteiger partial charge on any atom is 0.185 e. The summed E-state index contributed by atoms with van der Waals surface area (Å²) in [6.45, 7) is 1.23. The highest BCUT2D eigenvalue weighted by Crippen LogP contribution is 2.29. The summed E-state index contributed by atoms with van der Waals surface area (Å²) in [7, 11) is -0.726. The first-order valence-corrected chi connectivity index (χ1v) is 6.50. The predicted octanol–water partition coefficient (Wildman–Crippen LogP) is 1.07. The van der Waals surface area contributed by atoms with E-state index in [-0.39, 0.29) is 4.90 Å². The van der Waals surface area contributed by atoms with Gasteiger partial charge in [0.25, 0.3) is 0 Å². The molecule has 0 aromatic heterocycles. The number of hydrogen-bond donors (Lipinski definition) is 0. The van der Waals surface area contributed by atoms with Gasteiger partial charge >= 0.3 is 0 Å². The molecule has 94 valence electrons. The lowest BCUT2D eigenvalue weighted by atomic mass is 10.3. The van der Waals surface area contributed by atoms with Crippen LogP contribution in [0, 0.1) is 0 Å². The Kier molecular flexibility index (Phi) is 4.11. The standard InChI is InChI=1S/C11H14O5S/c1-8(12)7-17(13,14)9-4-5-10(15-2)11(6-9)16-3/h4-6H,7H2,1-3H3. The molecule has 0 spiro atoms. The summed E-state index contributed by atoms with van der Waals surface area (Å²) >= 11 is 0. The second-order valence-electron chi connectivity index (χ2n) is 3.48. The predicted molar refractivity (Wildman–Crippen MR) is 62.3 cm³/mol. The topological polar surface area (TPSA) is 69.7 Å². The Bertz CT molecular complexity index is 519. The van der Waals surface area contributed by atoms with Crippen LogP contribution in [0.1, 0.15) is 6.92 Å². The van der Waals surface area contributed by atoms with Crippen LogP contribution < -0.4 is 9.47 Å². The van der Waals surface area contributed by atoms with Crippen LogP contribution in [0.4, 0.5) is 0 Å². The quantitative estimate of drug-likeness (QED) is 0.790. The van der Waals surface area contributed by atoms with E-state index in [0.29, 0.717) is 11.5 Å². The Labute approximate surface area is 100 Å². The van der Waals surface area contributed by atoms with Crippen molar-refractivity contribution in [3.05, 3.63) is 18.2 Å². The number of hydrogen-bond acceptors (Lipinski definition) is 5. The summed E-state index contributed by atoms with van der Waals surface area (Å²) in [6.07, 6.45) is 0. The van der Waals surface area contributed by atoms with Crippen molar-refractivity contribution < 1.29 is 22.7 Å². The molecule has 0 saturated carbocycles. The van der Waals surface area contributed by atoms with E-state index in [2.05, 4.69) is 0 Å². The van der Waals surface area contributed by atoms with E-state index in [0.717, 1.165) is 0 Å². The number of ketones is 1. The summed E-state index contributed by atoms with van der Waals surface area (Å²) in [6, 6.07) is 4.22. The van der Waals surface area contributed by atoms with E-state index in [1.165, 1.54) is 39.3 Å². The van der Waals surface area contributed by atoms with Gasteiger partial charge in [-0.1, -0.05) is 0 Å². The minimum absolute atomic E-state index is 0.0466. The van der Waals surface area contributed by atoms with E-state index in [4.69, 9.17) is 9.47 Å². The van der Waals surface area contributed by atoms with Crippen molar-refractivity contribution in [3.8, 4) is 11.5 Å². The van der Waals surface area contributed by atoms with Crippen LogP contribution in [-0.4, -0.2) is 34.2 Å². The van der Waals surface area contributed by atoms with Crippen LogP contribution in [0.15, 0.2) is 23.1 Å². The molecule has 0 heterocycles. The van der Waals surface area contributed by atoms with Gasteiger partial charge in [0.15, 0.2) is 21.3 Å². The van der Waals surface area contributed by atoms with Crippen molar-refractivity contribution in [1.82, 2.24) is 0 Å². The average Bonchev–Trinajstić information content (AvgIpc) is 2.26. The maximum atomic E-state index is 11.8. The third kappa shape index (κ3) is 3.20. The third-order valence-electron chi connectivity index (χ3n) is 2.11. The summed E-state index contributed by atoms with van der Waals surface area (Å²) in [4.78, 5) is 10.9. The lowest BCUT2D eigenvalue weighted by Gasteiger charge is -2.09. The molecule has 0 aliphatic heterocycles. The van der Waals surface area contributed by atoms with Crippen LogP contribution in [0.25, 0.3) is 0 Å². The molecule has 0 amide bonds. The second-order valence-corrected chi connectivity index (χ2v) is 5.47. The number of rotatable bonds is 5. The van der Waals surface area contributed by atoms with Crippen molar-refractivity contribution in [1.29, 1.82) is 0 Å². The van der Waals surface area contributed by atoms with Crippen molar-refractivity contribution >= 4 is 15.6 Å². The normalized spacial score (nSPS) is 11.0. The summed E-state index contributed by atoms with van der Waals surface area (Å²) in [5.41, 5.74) is 0. The van der Waals surface area contributed by atoms with Crippen LogP contribution in [0.2, 0.25) is 0 Å². The highest BCUT2D eigenvalue weighted by atomic mass is 32.2. The molecule has 0 atom stereocenters. The van der Waals surface area contributed by atoms with Gasteiger partial charge < -0.3 is 9.47 Å². The highest BCUT2D eigenvalue weighted by Gasteiger charge is 2.19. The lowest BCUT2D eigenvalue weighted by molar-refractivity contribution is -0.114. The molecular formula is C11H14O5S. The lowest BCUT2D eigenvalue weighted by Crippen LogP contribution is -2.13. The fourth-order valence-corrected chi connectivity index (χ4v) is 2.62. The zero-order valence-corrected chi connectivity index (χ0v) is 10.7. The molecule has 17 heavy (non-hydrogen) atoms. The Morgan fingerprint density at radius 3 is 2.24 bits per heavy atom. The molecule has 0 saturated heterocycles. The molecule has 5 nitrogen and oxygen atoms in total. The monoisotopic (exact) mass is 258 g/mol. The molecule has 1 aromatic rings. The summed E-state index contributed by atoms with van der Waals surface area (Å²) < 4.78 is 33.6. The fourth-order valence-electron chi connectivity index (χ4n) is 1.36. The van der Waals surface area contributed by atoms with Gasteiger partial charge in [-0.3, -0.25) is 4.79 Å². The molecule has 6 heteroatoms. The SMILES string of the molecule is COc1ccc(S(=O)(=O)CC(C)=O)cc1OC. The van der Waals surface area contributed by atoms with Gasteiger partial charge in [-0.2, -0.15) is 0 Å². The number of ether oxygens (including phenoxy) is 2. The second kappa shape index (κ2) is 5.18. The Morgan fingerprint density at radius 2 is 1.76 bits per heavy atom. The first-order valence-electron chi connectivity index (χ1n) is 4.85. The van der Waals surface area contributed by atoms with Crippen LogP contribution in [0.3, 0.4) is 0 Å². The molecule has 0 N–H and O–H groups in total. The number of sulfone groups is 1. The van der Waals surface area contributed by atoms with Crippen LogP contribution >= 0.6 is 0 Å². The Balaban J connectivity index is 3.20. The first-order chi connectivity index (χ1) is 7.90. The number of benzene rings is 1. The van der Waals surface area contributed by atoms with Gasteiger partial charge in [-0.15, -0.1) is 0 Å². The molecular weight excluding hydrogens is 244 g/mol. The van der Waals surface area contributed by atoms with Crippen molar-refractivity contribution in [2.24, 2.45) is 0 Å². The molecule has 0 radical (unpaired) electrons. The molecule has 0 aliphatic carbocycles. The Morgan fingerprint density at radius 1 is 1.18 bits per heavy atom. The first kappa shape index (κ1) is 13.5. The van der Waals surface area contributed by atoms with Gasteiger partial charge in [0.1, 0.15) is 11.5 Å². The minimum atomic E-state index is -3.60. The van der Waals surface area contributed by atoms with Gasteiger partial charge in [-0.05, 0) is 19.1 Å². The zero-order valence-electron chi connectivity index (χ0n) is 9.89. The van der Waals surface area contributed by atoms with Gasteiger partial charge in [-0.25, -0.2) is 8.42 Å². The zero-order chi connectivity index (χ0) is 13.1. The molecule has 1 aromatic carbocycles. The molecule has 0 unspecified atom stereocenters. The van der Waals surface area contributed by atoms with Gasteiger partial charge in [0.05, 0.1) is 19.1 Å². The van der Waals surface area contributed by atoms with Gasteiger partial charge in [0, 0.05) is 6.07 Å². The Hall–Kier alpha value is -1.56. The molecule has 0 fully saturated rings. The third-order valence-corrected chi connectivity index (χ3v) is 3.87. The van der Waals surface area contributed by atoms with E-state index in [1.54, 1.807) is 0 Å². The van der Waals surface area contributed by atoms with Gasteiger partial charge in [0.2, 0.25) is 0 Å². The largest absolute Gasteiger partial charge is 0.493 e. The maximum absolute atomic E-state index is 11.8.